The smallest absolute Gasteiger partial charge is 0.305 e. The maximum Gasteiger partial charge on any atom is 0.305 e. The minimum absolute atomic E-state index is 0.271. The van der Waals surface area contributed by atoms with E-state index < -0.39 is 23.9 Å². The minimum Gasteiger partial charge on any atom is -0.481 e. The molecule has 0 radical (unpaired) electrons. The summed E-state index contributed by atoms with van der Waals surface area (Å²) in [6.45, 7) is 2.19. The number of carbonyl (C=O) groups excluding carboxylic acids is 1. The second-order valence-electron chi connectivity index (χ2n) is 5.63. The number of benzene rings is 1. The average molecular weight is 309 g/mol. The molecule has 0 spiro atoms. The van der Waals surface area contributed by atoms with Crippen LogP contribution in [0, 0.1) is 11.7 Å². The number of hydrogen-bond donors (Lipinski definition) is 2. The lowest BCUT2D eigenvalue weighted by atomic mass is 10.0. The Kier molecular flexibility index (Phi) is 5.49. The van der Waals surface area contributed by atoms with Crippen LogP contribution in [-0.2, 0) is 14.3 Å². The maximum atomic E-state index is 13.0. The molecule has 0 aliphatic heterocycles. The minimum atomic E-state index is -1.04. The predicted octanol–water partition coefficient (Wildman–Crippen LogP) is 2.27. The van der Waals surface area contributed by atoms with Crippen LogP contribution < -0.4 is 5.32 Å². The van der Waals surface area contributed by atoms with Gasteiger partial charge < -0.3 is 15.2 Å². The highest BCUT2D eigenvalue weighted by atomic mass is 19.1. The Morgan fingerprint density at radius 2 is 2.00 bits per heavy atom. The summed E-state index contributed by atoms with van der Waals surface area (Å²) < 4.78 is 18.4. The standard InChI is InChI=1S/C16H20FNO4/c1-10(22-9-11-2-3-11)16(21)18-14(8-15(19)20)12-4-6-13(17)7-5-12/h4-7,10-11,14H,2-3,8-9H2,1H3,(H,18,21)(H,19,20). The number of hydrogen-bond acceptors (Lipinski definition) is 3. The number of ether oxygens (including phenoxy) is 1. The quantitative estimate of drug-likeness (QED) is 0.772. The molecule has 2 unspecified atom stereocenters. The molecular weight excluding hydrogens is 289 g/mol. The topological polar surface area (TPSA) is 75.6 Å². The summed E-state index contributed by atoms with van der Waals surface area (Å²) in [5, 5.41) is 11.6. The van der Waals surface area contributed by atoms with Crippen molar-refractivity contribution >= 4 is 11.9 Å². The van der Waals surface area contributed by atoms with E-state index in [1.807, 2.05) is 0 Å². The Morgan fingerprint density at radius 3 is 2.55 bits per heavy atom. The third-order valence-electron chi connectivity index (χ3n) is 3.62. The van der Waals surface area contributed by atoms with Crippen molar-refractivity contribution in [2.75, 3.05) is 6.61 Å². The normalized spacial score (nSPS) is 16.8. The Labute approximate surface area is 128 Å². The molecule has 1 aromatic rings. The van der Waals surface area contributed by atoms with E-state index in [2.05, 4.69) is 5.32 Å². The first-order chi connectivity index (χ1) is 10.5. The van der Waals surface area contributed by atoms with Gasteiger partial charge in [0.15, 0.2) is 0 Å². The Bertz CT molecular complexity index is 527. The number of nitrogens with one attached hydrogen (secondary N) is 1. The molecule has 1 aliphatic carbocycles. The number of halogens is 1. The van der Waals surface area contributed by atoms with Crippen LogP contribution in [0.4, 0.5) is 4.39 Å². The van der Waals surface area contributed by atoms with E-state index in [1.54, 1.807) is 6.92 Å². The van der Waals surface area contributed by atoms with Gasteiger partial charge in [-0.05, 0) is 43.4 Å². The van der Waals surface area contributed by atoms with Crippen molar-refractivity contribution in [1.29, 1.82) is 0 Å². The summed E-state index contributed by atoms with van der Waals surface area (Å²) in [5.41, 5.74) is 0.548. The van der Waals surface area contributed by atoms with Gasteiger partial charge >= 0.3 is 5.97 Å². The van der Waals surface area contributed by atoms with Gasteiger partial charge in [0.2, 0.25) is 5.91 Å². The van der Waals surface area contributed by atoms with Crippen LogP contribution in [-0.4, -0.2) is 29.7 Å². The zero-order valence-corrected chi connectivity index (χ0v) is 12.4. The second-order valence-corrected chi connectivity index (χ2v) is 5.63. The zero-order chi connectivity index (χ0) is 16.1. The number of carboxylic acid groups (broad SMARTS) is 1. The predicted molar refractivity (Wildman–Crippen MR) is 77.7 cm³/mol. The van der Waals surface area contributed by atoms with Gasteiger partial charge in [0, 0.05) is 0 Å². The first-order valence-electron chi connectivity index (χ1n) is 7.35. The third kappa shape index (κ3) is 5.11. The molecule has 2 rings (SSSR count). The summed E-state index contributed by atoms with van der Waals surface area (Å²) in [7, 11) is 0. The largest absolute Gasteiger partial charge is 0.481 e. The summed E-state index contributed by atoms with van der Waals surface area (Å²) in [6, 6.07) is 4.71. The van der Waals surface area contributed by atoms with Crippen molar-refractivity contribution in [3.63, 3.8) is 0 Å². The molecule has 2 atom stereocenters. The van der Waals surface area contributed by atoms with Crippen molar-refractivity contribution in [1.82, 2.24) is 5.32 Å². The zero-order valence-electron chi connectivity index (χ0n) is 12.4. The SMILES string of the molecule is CC(OCC1CC1)C(=O)NC(CC(=O)O)c1ccc(F)cc1. The van der Waals surface area contributed by atoms with Crippen molar-refractivity contribution in [2.45, 2.75) is 38.3 Å². The highest BCUT2D eigenvalue weighted by molar-refractivity contribution is 5.81. The van der Waals surface area contributed by atoms with Crippen LogP contribution in [0.15, 0.2) is 24.3 Å². The summed E-state index contributed by atoms with van der Waals surface area (Å²) in [6.07, 6.45) is 1.35. The van der Waals surface area contributed by atoms with Gasteiger partial charge in [-0.2, -0.15) is 0 Å². The van der Waals surface area contributed by atoms with Crippen LogP contribution in [0.3, 0.4) is 0 Å². The molecule has 1 aliphatic rings. The molecule has 0 bridgehead atoms. The number of carbonyl (C=O) groups is 2. The van der Waals surface area contributed by atoms with Crippen molar-refractivity contribution in [3.8, 4) is 0 Å². The molecule has 5 nitrogen and oxygen atoms in total. The lowest BCUT2D eigenvalue weighted by Crippen LogP contribution is -2.38. The number of carboxylic acids is 1. The van der Waals surface area contributed by atoms with E-state index in [4.69, 9.17) is 9.84 Å². The van der Waals surface area contributed by atoms with E-state index in [-0.39, 0.29) is 12.3 Å². The molecule has 2 N–H and O–H groups in total. The van der Waals surface area contributed by atoms with Gasteiger partial charge in [0.05, 0.1) is 19.1 Å². The Morgan fingerprint density at radius 1 is 1.36 bits per heavy atom. The van der Waals surface area contributed by atoms with Crippen LogP contribution in [0.2, 0.25) is 0 Å². The first kappa shape index (κ1) is 16.4. The fraction of sp³-hybridized carbons (Fsp3) is 0.500. The van der Waals surface area contributed by atoms with Crippen LogP contribution in [0.25, 0.3) is 0 Å². The van der Waals surface area contributed by atoms with Crippen molar-refractivity contribution < 1.29 is 23.8 Å². The number of rotatable bonds is 8. The second kappa shape index (κ2) is 7.35. The van der Waals surface area contributed by atoms with Gasteiger partial charge in [-0.1, -0.05) is 12.1 Å². The molecule has 22 heavy (non-hydrogen) atoms. The molecule has 120 valence electrons. The van der Waals surface area contributed by atoms with Crippen LogP contribution in [0.1, 0.15) is 37.8 Å². The van der Waals surface area contributed by atoms with E-state index in [0.29, 0.717) is 18.1 Å². The molecule has 1 saturated carbocycles. The third-order valence-corrected chi connectivity index (χ3v) is 3.62. The molecule has 1 amide bonds. The van der Waals surface area contributed by atoms with Gasteiger partial charge in [-0.15, -0.1) is 0 Å². The fourth-order valence-electron chi connectivity index (χ4n) is 2.05. The Balaban J connectivity index is 1.96. The summed E-state index contributed by atoms with van der Waals surface area (Å²) >= 11 is 0. The molecular formula is C16H20FNO4. The number of aliphatic carboxylic acids is 1. The fourth-order valence-corrected chi connectivity index (χ4v) is 2.05. The van der Waals surface area contributed by atoms with E-state index in [9.17, 15) is 14.0 Å². The lowest BCUT2D eigenvalue weighted by Gasteiger charge is -2.20. The molecule has 0 aromatic heterocycles. The van der Waals surface area contributed by atoms with Gasteiger partial charge in [0.1, 0.15) is 11.9 Å². The van der Waals surface area contributed by atoms with Gasteiger partial charge in [-0.3, -0.25) is 9.59 Å². The summed E-state index contributed by atoms with van der Waals surface area (Å²) in [5.74, 6) is -1.27. The molecule has 1 fully saturated rings. The van der Waals surface area contributed by atoms with Crippen LogP contribution >= 0.6 is 0 Å². The lowest BCUT2D eigenvalue weighted by molar-refractivity contribution is -0.138. The van der Waals surface area contributed by atoms with Gasteiger partial charge in [0.25, 0.3) is 0 Å². The van der Waals surface area contributed by atoms with E-state index in [0.717, 1.165) is 12.8 Å². The molecule has 1 aromatic carbocycles. The highest BCUT2D eigenvalue weighted by Crippen LogP contribution is 2.29. The van der Waals surface area contributed by atoms with E-state index >= 15 is 0 Å². The van der Waals surface area contributed by atoms with Gasteiger partial charge in [-0.25, -0.2) is 4.39 Å². The summed E-state index contributed by atoms with van der Waals surface area (Å²) in [4.78, 5) is 23.1. The van der Waals surface area contributed by atoms with Crippen LogP contribution in [0.5, 0.6) is 0 Å². The monoisotopic (exact) mass is 309 g/mol. The molecule has 6 heteroatoms. The van der Waals surface area contributed by atoms with Crippen molar-refractivity contribution in [3.05, 3.63) is 35.6 Å². The Hall–Kier alpha value is -1.95. The first-order valence-corrected chi connectivity index (χ1v) is 7.35. The highest BCUT2D eigenvalue weighted by Gasteiger charge is 2.25. The van der Waals surface area contributed by atoms with E-state index in [1.165, 1.54) is 24.3 Å². The molecule has 0 saturated heterocycles. The molecule has 0 heterocycles. The maximum absolute atomic E-state index is 13.0. The average Bonchev–Trinajstić information content (AvgIpc) is 3.28. The van der Waals surface area contributed by atoms with Crippen molar-refractivity contribution in [2.24, 2.45) is 5.92 Å². The number of amides is 1.